The predicted octanol–water partition coefficient (Wildman–Crippen LogP) is 5.11. The topological polar surface area (TPSA) is 30.5 Å². The summed E-state index contributed by atoms with van der Waals surface area (Å²) in [6, 6.07) is 8.25. The first-order valence-electron chi connectivity index (χ1n) is 8.47. The lowest BCUT2D eigenvalue weighted by Gasteiger charge is -2.31. The third kappa shape index (κ3) is 8.97. The number of benzene rings is 1. The van der Waals surface area contributed by atoms with Crippen molar-refractivity contribution >= 4 is 0 Å². The van der Waals surface area contributed by atoms with E-state index in [-0.39, 0.29) is 22.8 Å². The molecule has 0 bridgehead atoms. The second-order valence-electron chi connectivity index (χ2n) is 9.13. The standard InChI is InChI=1S/C20H35NO2/c1-18(2,3)21-14-17(23-20(7,8)9)15-10-12-16(13-11-15)22-19(4,5)6/h10-13,17,21H,14H2,1-9H3. The molecule has 1 N–H and O–H groups in total. The minimum Gasteiger partial charge on any atom is -0.488 e. The van der Waals surface area contributed by atoms with Gasteiger partial charge in [-0.05, 0) is 80.0 Å². The van der Waals surface area contributed by atoms with Gasteiger partial charge < -0.3 is 14.8 Å². The highest BCUT2D eigenvalue weighted by atomic mass is 16.5. The van der Waals surface area contributed by atoms with Gasteiger partial charge in [-0.2, -0.15) is 0 Å². The van der Waals surface area contributed by atoms with Gasteiger partial charge >= 0.3 is 0 Å². The van der Waals surface area contributed by atoms with Gasteiger partial charge in [-0.3, -0.25) is 0 Å². The first-order chi connectivity index (χ1) is 10.3. The average molecular weight is 322 g/mol. The molecule has 1 rings (SSSR count). The maximum Gasteiger partial charge on any atom is 0.120 e. The summed E-state index contributed by atoms with van der Waals surface area (Å²) < 4.78 is 12.2. The lowest BCUT2D eigenvalue weighted by molar-refractivity contribution is -0.0625. The van der Waals surface area contributed by atoms with Gasteiger partial charge in [0.15, 0.2) is 0 Å². The number of rotatable bonds is 5. The van der Waals surface area contributed by atoms with Crippen LogP contribution in [0.2, 0.25) is 0 Å². The fourth-order valence-corrected chi connectivity index (χ4v) is 2.16. The van der Waals surface area contributed by atoms with Crippen LogP contribution in [0.15, 0.2) is 24.3 Å². The first kappa shape index (κ1) is 20.0. The molecule has 0 radical (unpaired) electrons. The highest BCUT2D eigenvalue weighted by Crippen LogP contribution is 2.27. The zero-order valence-corrected chi connectivity index (χ0v) is 16.4. The second kappa shape index (κ2) is 7.23. The Labute approximate surface area is 142 Å². The van der Waals surface area contributed by atoms with Gasteiger partial charge in [0.05, 0.1) is 11.7 Å². The quantitative estimate of drug-likeness (QED) is 0.817. The number of hydrogen-bond acceptors (Lipinski definition) is 3. The van der Waals surface area contributed by atoms with Crippen LogP contribution in [-0.2, 0) is 4.74 Å². The summed E-state index contributed by atoms with van der Waals surface area (Å²) in [7, 11) is 0. The van der Waals surface area contributed by atoms with E-state index < -0.39 is 0 Å². The van der Waals surface area contributed by atoms with Crippen molar-refractivity contribution in [3.05, 3.63) is 29.8 Å². The van der Waals surface area contributed by atoms with Crippen molar-refractivity contribution in [2.45, 2.75) is 85.2 Å². The van der Waals surface area contributed by atoms with Crippen LogP contribution in [-0.4, -0.2) is 23.3 Å². The molecule has 3 heteroatoms. The van der Waals surface area contributed by atoms with Crippen LogP contribution in [0.25, 0.3) is 0 Å². The molecule has 0 aliphatic heterocycles. The summed E-state index contributed by atoms with van der Waals surface area (Å²) in [6.45, 7) is 19.7. The third-order valence-corrected chi connectivity index (χ3v) is 2.99. The fourth-order valence-electron chi connectivity index (χ4n) is 2.16. The molecule has 0 heterocycles. The molecule has 0 saturated heterocycles. The van der Waals surface area contributed by atoms with E-state index in [1.807, 2.05) is 12.1 Å². The Morgan fingerprint density at radius 2 is 1.35 bits per heavy atom. The lowest BCUT2D eigenvalue weighted by Crippen LogP contribution is -2.40. The Hall–Kier alpha value is -1.06. The van der Waals surface area contributed by atoms with E-state index in [0.717, 1.165) is 17.9 Å². The molecule has 0 aliphatic rings. The average Bonchev–Trinajstić information content (AvgIpc) is 2.31. The normalized spacial score (nSPS) is 14.7. The van der Waals surface area contributed by atoms with Crippen molar-refractivity contribution in [2.24, 2.45) is 0 Å². The molecule has 23 heavy (non-hydrogen) atoms. The van der Waals surface area contributed by atoms with E-state index in [0.29, 0.717) is 0 Å². The molecule has 0 fully saturated rings. The maximum atomic E-state index is 6.26. The zero-order valence-electron chi connectivity index (χ0n) is 16.4. The third-order valence-electron chi connectivity index (χ3n) is 2.99. The lowest BCUT2D eigenvalue weighted by atomic mass is 10.0. The molecular weight excluding hydrogens is 286 g/mol. The van der Waals surface area contributed by atoms with E-state index in [1.54, 1.807) is 0 Å². The largest absolute Gasteiger partial charge is 0.488 e. The molecule has 1 aromatic carbocycles. The van der Waals surface area contributed by atoms with E-state index in [1.165, 1.54) is 0 Å². The molecule has 1 aromatic rings. The molecule has 1 unspecified atom stereocenters. The molecule has 3 nitrogen and oxygen atoms in total. The number of ether oxygens (including phenoxy) is 2. The summed E-state index contributed by atoms with van der Waals surface area (Å²) >= 11 is 0. The summed E-state index contributed by atoms with van der Waals surface area (Å²) in [5.41, 5.74) is 0.855. The van der Waals surface area contributed by atoms with Crippen LogP contribution in [0.4, 0.5) is 0 Å². The Kier molecular flexibility index (Phi) is 6.28. The van der Waals surface area contributed by atoms with Gasteiger partial charge in [0, 0.05) is 12.1 Å². The predicted molar refractivity (Wildman–Crippen MR) is 98.2 cm³/mol. The molecule has 0 aromatic heterocycles. The van der Waals surface area contributed by atoms with Crippen LogP contribution in [0, 0.1) is 0 Å². The monoisotopic (exact) mass is 321 g/mol. The van der Waals surface area contributed by atoms with Gasteiger partial charge in [0.2, 0.25) is 0 Å². The fraction of sp³-hybridized carbons (Fsp3) is 0.700. The molecule has 0 aliphatic carbocycles. The van der Waals surface area contributed by atoms with Crippen LogP contribution in [0.1, 0.15) is 74.0 Å². The van der Waals surface area contributed by atoms with Gasteiger partial charge in [-0.1, -0.05) is 12.1 Å². The van der Waals surface area contributed by atoms with Crippen LogP contribution >= 0.6 is 0 Å². The van der Waals surface area contributed by atoms with Crippen molar-refractivity contribution in [3.63, 3.8) is 0 Å². The zero-order chi connectivity index (χ0) is 17.9. The molecule has 0 saturated carbocycles. The number of hydrogen-bond donors (Lipinski definition) is 1. The minimum absolute atomic E-state index is 0.0120. The summed E-state index contributed by atoms with van der Waals surface area (Å²) in [6.07, 6.45) is 0.0120. The highest BCUT2D eigenvalue weighted by Gasteiger charge is 2.22. The van der Waals surface area contributed by atoms with Crippen LogP contribution in [0.5, 0.6) is 5.75 Å². The highest BCUT2D eigenvalue weighted by molar-refractivity contribution is 5.29. The van der Waals surface area contributed by atoms with Crippen LogP contribution in [0.3, 0.4) is 0 Å². The molecule has 0 amide bonds. The van der Waals surface area contributed by atoms with Crippen molar-refractivity contribution in [3.8, 4) is 5.75 Å². The van der Waals surface area contributed by atoms with E-state index in [4.69, 9.17) is 9.47 Å². The van der Waals surface area contributed by atoms with Crippen molar-refractivity contribution < 1.29 is 9.47 Å². The van der Waals surface area contributed by atoms with Gasteiger partial charge in [0.1, 0.15) is 11.4 Å². The van der Waals surface area contributed by atoms with E-state index >= 15 is 0 Å². The second-order valence-corrected chi connectivity index (χ2v) is 9.13. The molecule has 1 atom stereocenters. The summed E-state index contributed by atoms with van der Waals surface area (Å²) in [5, 5.41) is 3.54. The minimum atomic E-state index is -0.190. The molecule has 0 spiro atoms. The maximum absolute atomic E-state index is 6.26. The first-order valence-corrected chi connectivity index (χ1v) is 8.47. The van der Waals surface area contributed by atoms with Gasteiger partial charge in [-0.15, -0.1) is 0 Å². The SMILES string of the molecule is CC(C)(C)NCC(OC(C)(C)C)c1ccc(OC(C)(C)C)cc1. The molecular formula is C20H35NO2. The number of nitrogens with one attached hydrogen (secondary N) is 1. The Morgan fingerprint density at radius 3 is 1.74 bits per heavy atom. The molecule has 132 valence electrons. The van der Waals surface area contributed by atoms with E-state index in [2.05, 4.69) is 79.8 Å². The smallest absolute Gasteiger partial charge is 0.120 e. The Balaban J connectivity index is 2.88. The van der Waals surface area contributed by atoms with E-state index in [9.17, 15) is 0 Å². The van der Waals surface area contributed by atoms with Crippen molar-refractivity contribution in [2.75, 3.05) is 6.54 Å². The Bertz CT molecular complexity index is 472. The summed E-state index contributed by atoms with van der Waals surface area (Å²) in [5.74, 6) is 0.888. The summed E-state index contributed by atoms with van der Waals surface area (Å²) in [4.78, 5) is 0. The van der Waals surface area contributed by atoms with Crippen LogP contribution < -0.4 is 10.1 Å². The van der Waals surface area contributed by atoms with Gasteiger partial charge in [0.25, 0.3) is 0 Å². The van der Waals surface area contributed by atoms with Gasteiger partial charge in [-0.25, -0.2) is 0 Å². The van der Waals surface area contributed by atoms with Crippen molar-refractivity contribution in [1.82, 2.24) is 5.32 Å². The van der Waals surface area contributed by atoms with Crippen molar-refractivity contribution in [1.29, 1.82) is 0 Å². The Morgan fingerprint density at radius 1 is 0.826 bits per heavy atom.